The van der Waals surface area contributed by atoms with Crippen LogP contribution in [0.4, 0.5) is 0 Å². The van der Waals surface area contributed by atoms with Gasteiger partial charge in [-0.25, -0.2) is 0 Å². The fourth-order valence-corrected chi connectivity index (χ4v) is 2.12. The molecule has 3 nitrogen and oxygen atoms in total. The zero-order valence-corrected chi connectivity index (χ0v) is 11.0. The highest BCUT2D eigenvalue weighted by Gasteiger charge is 2.24. The number of hydrogen-bond donors (Lipinski definition) is 2. The standard InChI is InChI=1S/C13H27NO2/c1-4-13(3,15)10-16-12-8-6-11(7-9-12)14-5-2/h11-12,14-15H,4-10H2,1-3H3. The van der Waals surface area contributed by atoms with Gasteiger partial charge in [0.25, 0.3) is 0 Å². The minimum absolute atomic E-state index is 0.355. The molecule has 0 aromatic carbocycles. The summed E-state index contributed by atoms with van der Waals surface area (Å²) in [6.45, 7) is 7.52. The molecule has 0 spiro atoms. The fourth-order valence-electron chi connectivity index (χ4n) is 2.12. The third-order valence-corrected chi connectivity index (χ3v) is 3.56. The van der Waals surface area contributed by atoms with Crippen molar-refractivity contribution in [2.45, 2.75) is 70.6 Å². The van der Waals surface area contributed by atoms with Gasteiger partial charge in [-0.15, -0.1) is 0 Å². The molecule has 0 amide bonds. The summed E-state index contributed by atoms with van der Waals surface area (Å²) in [4.78, 5) is 0. The Labute approximate surface area is 99.6 Å². The van der Waals surface area contributed by atoms with Crippen LogP contribution in [0, 0.1) is 0 Å². The summed E-state index contributed by atoms with van der Waals surface area (Å²) in [5.41, 5.74) is -0.654. The Balaban J connectivity index is 2.17. The Kier molecular flexibility index (Phi) is 5.73. The summed E-state index contributed by atoms with van der Waals surface area (Å²) in [6, 6.07) is 0.677. The molecule has 0 bridgehead atoms. The largest absolute Gasteiger partial charge is 0.388 e. The number of aliphatic hydroxyl groups is 1. The van der Waals surface area contributed by atoms with E-state index in [2.05, 4.69) is 12.2 Å². The van der Waals surface area contributed by atoms with Gasteiger partial charge >= 0.3 is 0 Å². The van der Waals surface area contributed by atoms with E-state index in [0.717, 1.165) is 25.8 Å². The molecule has 0 aromatic heterocycles. The molecule has 1 aliphatic rings. The molecule has 1 saturated carbocycles. The van der Waals surface area contributed by atoms with Crippen molar-refractivity contribution in [1.29, 1.82) is 0 Å². The molecule has 1 unspecified atom stereocenters. The van der Waals surface area contributed by atoms with E-state index < -0.39 is 5.60 Å². The molecule has 0 radical (unpaired) electrons. The van der Waals surface area contributed by atoms with Crippen LogP contribution < -0.4 is 5.32 Å². The highest BCUT2D eigenvalue weighted by Crippen LogP contribution is 2.22. The molecule has 0 saturated heterocycles. The van der Waals surface area contributed by atoms with Gasteiger partial charge in [0.2, 0.25) is 0 Å². The van der Waals surface area contributed by atoms with E-state index in [1.165, 1.54) is 12.8 Å². The van der Waals surface area contributed by atoms with Crippen LogP contribution in [0.25, 0.3) is 0 Å². The lowest BCUT2D eigenvalue weighted by Gasteiger charge is -2.31. The van der Waals surface area contributed by atoms with E-state index in [9.17, 15) is 5.11 Å². The second-order valence-electron chi connectivity index (χ2n) is 5.19. The predicted molar refractivity (Wildman–Crippen MR) is 66.6 cm³/mol. The van der Waals surface area contributed by atoms with Crippen LogP contribution in [0.15, 0.2) is 0 Å². The molecule has 16 heavy (non-hydrogen) atoms. The van der Waals surface area contributed by atoms with Gasteiger partial charge in [0.15, 0.2) is 0 Å². The van der Waals surface area contributed by atoms with Crippen LogP contribution in [-0.4, -0.2) is 36.0 Å². The van der Waals surface area contributed by atoms with E-state index in [1.54, 1.807) is 0 Å². The molecule has 96 valence electrons. The van der Waals surface area contributed by atoms with Crippen molar-refractivity contribution in [2.24, 2.45) is 0 Å². The minimum Gasteiger partial charge on any atom is -0.388 e. The second kappa shape index (κ2) is 6.58. The van der Waals surface area contributed by atoms with Crippen molar-refractivity contribution in [1.82, 2.24) is 5.32 Å². The van der Waals surface area contributed by atoms with Gasteiger partial charge in [-0.05, 0) is 45.6 Å². The summed E-state index contributed by atoms with van der Waals surface area (Å²) in [5, 5.41) is 13.3. The maximum atomic E-state index is 9.85. The van der Waals surface area contributed by atoms with Crippen LogP contribution in [0.2, 0.25) is 0 Å². The van der Waals surface area contributed by atoms with Crippen molar-refractivity contribution in [3.63, 3.8) is 0 Å². The topological polar surface area (TPSA) is 41.5 Å². The van der Waals surface area contributed by atoms with Crippen LogP contribution in [0.3, 0.4) is 0 Å². The number of nitrogens with one attached hydrogen (secondary N) is 1. The van der Waals surface area contributed by atoms with Crippen molar-refractivity contribution in [3.8, 4) is 0 Å². The SMILES string of the molecule is CCNC1CCC(OCC(C)(O)CC)CC1. The normalized spacial score (nSPS) is 30.0. The van der Waals surface area contributed by atoms with Gasteiger partial charge < -0.3 is 15.2 Å². The highest BCUT2D eigenvalue weighted by atomic mass is 16.5. The lowest BCUT2D eigenvalue weighted by Crippen LogP contribution is -2.37. The van der Waals surface area contributed by atoms with Gasteiger partial charge in [0.05, 0.1) is 18.3 Å². The van der Waals surface area contributed by atoms with E-state index in [1.807, 2.05) is 13.8 Å². The zero-order chi connectivity index (χ0) is 12.0. The van der Waals surface area contributed by atoms with E-state index in [0.29, 0.717) is 18.8 Å². The number of rotatable bonds is 6. The quantitative estimate of drug-likeness (QED) is 0.733. The second-order valence-corrected chi connectivity index (χ2v) is 5.19. The fraction of sp³-hybridized carbons (Fsp3) is 1.00. The Morgan fingerprint density at radius 2 is 1.88 bits per heavy atom. The minimum atomic E-state index is -0.654. The van der Waals surface area contributed by atoms with Gasteiger partial charge in [-0.2, -0.15) is 0 Å². The summed E-state index contributed by atoms with van der Waals surface area (Å²) in [7, 11) is 0. The molecular weight excluding hydrogens is 202 g/mol. The van der Waals surface area contributed by atoms with Crippen molar-refractivity contribution >= 4 is 0 Å². The van der Waals surface area contributed by atoms with Gasteiger partial charge in [0.1, 0.15) is 0 Å². The van der Waals surface area contributed by atoms with Crippen molar-refractivity contribution in [2.75, 3.05) is 13.2 Å². The van der Waals surface area contributed by atoms with E-state index in [-0.39, 0.29) is 0 Å². The van der Waals surface area contributed by atoms with E-state index in [4.69, 9.17) is 4.74 Å². The lowest BCUT2D eigenvalue weighted by molar-refractivity contribution is -0.0746. The molecule has 0 heterocycles. The first kappa shape index (κ1) is 13.9. The third kappa shape index (κ3) is 4.81. The van der Waals surface area contributed by atoms with Gasteiger partial charge in [0, 0.05) is 6.04 Å². The van der Waals surface area contributed by atoms with Crippen LogP contribution in [0.1, 0.15) is 52.9 Å². The maximum Gasteiger partial charge on any atom is 0.0849 e. The van der Waals surface area contributed by atoms with Gasteiger partial charge in [-0.3, -0.25) is 0 Å². The third-order valence-electron chi connectivity index (χ3n) is 3.56. The molecule has 3 heteroatoms. The highest BCUT2D eigenvalue weighted by molar-refractivity contribution is 4.78. The molecule has 1 aliphatic carbocycles. The zero-order valence-electron chi connectivity index (χ0n) is 11.0. The Bertz CT molecular complexity index is 186. The Morgan fingerprint density at radius 1 is 1.25 bits per heavy atom. The van der Waals surface area contributed by atoms with Crippen LogP contribution in [0.5, 0.6) is 0 Å². The number of ether oxygens (including phenoxy) is 1. The van der Waals surface area contributed by atoms with Gasteiger partial charge in [-0.1, -0.05) is 13.8 Å². The first-order valence-electron chi connectivity index (χ1n) is 6.64. The number of hydrogen-bond acceptors (Lipinski definition) is 3. The molecule has 1 fully saturated rings. The van der Waals surface area contributed by atoms with Crippen LogP contribution >= 0.6 is 0 Å². The summed E-state index contributed by atoms with van der Waals surface area (Å²) < 4.78 is 5.79. The molecule has 0 aromatic rings. The molecular formula is C13H27NO2. The first-order chi connectivity index (χ1) is 7.57. The Morgan fingerprint density at radius 3 is 2.38 bits per heavy atom. The predicted octanol–water partition coefficient (Wildman–Crippen LogP) is 2.08. The maximum absolute atomic E-state index is 9.85. The van der Waals surface area contributed by atoms with Crippen molar-refractivity contribution in [3.05, 3.63) is 0 Å². The van der Waals surface area contributed by atoms with Crippen LogP contribution in [-0.2, 0) is 4.74 Å². The van der Waals surface area contributed by atoms with E-state index >= 15 is 0 Å². The molecule has 1 atom stereocenters. The molecule has 2 N–H and O–H groups in total. The summed E-state index contributed by atoms with van der Waals surface area (Å²) >= 11 is 0. The summed E-state index contributed by atoms with van der Waals surface area (Å²) in [5.74, 6) is 0. The first-order valence-corrected chi connectivity index (χ1v) is 6.64. The average Bonchev–Trinajstić information content (AvgIpc) is 2.29. The Hall–Kier alpha value is -0.120. The lowest BCUT2D eigenvalue weighted by atomic mass is 9.92. The van der Waals surface area contributed by atoms with Crippen molar-refractivity contribution < 1.29 is 9.84 Å². The summed E-state index contributed by atoms with van der Waals surface area (Å²) in [6.07, 6.45) is 5.75. The average molecular weight is 229 g/mol. The molecule has 0 aliphatic heterocycles. The smallest absolute Gasteiger partial charge is 0.0849 e. The monoisotopic (exact) mass is 229 g/mol. The molecule has 1 rings (SSSR count).